The van der Waals surface area contributed by atoms with Crippen LogP contribution in [0.3, 0.4) is 0 Å². The molecule has 150 valence electrons. The molecule has 2 aromatic carbocycles. The largest absolute Gasteiger partial charge is 0.454 e. The first-order valence-electron chi connectivity index (χ1n) is 9.43. The van der Waals surface area contributed by atoms with Crippen molar-refractivity contribution in [1.82, 2.24) is 26.3 Å². The molecular formula is C20H20FN5O3. The predicted octanol–water partition coefficient (Wildman–Crippen LogP) is 2.16. The highest BCUT2D eigenvalue weighted by atomic mass is 19.1. The molecule has 1 aromatic heterocycles. The predicted molar refractivity (Wildman–Crippen MR) is 101 cm³/mol. The van der Waals surface area contributed by atoms with Gasteiger partial charge in [-0.05, 0) is 35.9 Å². The molecule has 29 heavy (non-hydrogen) atoms. The highest BCUT2D eigenvalue weighted by molar-refractivity contribution is 5.60. The summed E-state index contributed by atoms with van der Waals surface area (Å²) >= 11 is 0. The molecule has 0 amide bonds. The van der Waals surface area contributed by atoms with Crippen molar-refractivity contribution in [1.29, 1.82) is 0 Å². The minimum atomic E-state index is -0.232. The Labute approximate surface area is 166 Å². The Morgan fingerprint density at radius 1 is 1.10 bits per heavy atom. The molecule has 1 fully saturated rings. The molecule has 3 aromatic rings. The molecule has 2 unspecified atom stereocenters. The second-order valence-corrected chi connectivity index (χ2v) is 7.03. The van der Waals surface area contributed by atoms with Crippen LogP contribution in [0.1, 0.15) is 17.4 Å². The van der Waals surface area contributed by atoms with E-state index in [1.165, 1.54) is 12.1 Å². The monoisotopic (exact) mass is 397 g/mol. The van der Waals surface area contributed by atoms with Crippen LogP contribution in [-0.2, 0) is 6.54 Å². The van der Waals surface area contributed by atoms with Gasteiger partial charge in [0.15, 0.2) is 17.3 Å². The van der Waals surface area contributed by atoms with Gasteiger partial charge in [-0.15, -0.1) is 0 Å². The van der Waals surface area contributed by atoms with Gasteiger partial charge < -0.3 is 19.3 Å². The number of nitrogens with one attached hydrogen (secondary N) is 3. The van der Waals surface area contributed by atoms with Crippen molar-refractivity contribution < 1.29 is 18.4 Å². The first-order chi connectivity index (χ1) is 14.3. The molecule has 8 nitrogen and oxygen atoms in total. The Balaban J connectivity index is 1.18. The van der Waals surface area contributed by atoms with Gasteiger partial charge in [0, 0.05) is 24.6 Å². The molecule has 2 atom stereocenters. The summed E-state index contributed by atoms with van der Waals surface area (Å²) in [5.74, 6) is 2.48. The molecule has 5 rings (SSSR count). The van der Waals surface area contributed by atoms with Crippen LogP contribution in [0.4, 0.5) is 4.39 Å². The number of hydrogen-bond acceptors (Lipinski definition) is 8. The molecule has 0 aliphatic carbocycles. The van der Waals surface area contributed by atoms with Gasteiger partial charge in [-0.25, -0.2) is 9.82 Å². The van der Waals surface area contributed by atoms with Gasteiger partial charge in [-0.2, -0.15) is 4.98 Å². The maximum Gasteiger partial charge on any atom is 0.258 e. The van der Waals surface area contributed by atoms with E-state index in [0.29, 0.717) is 35.7 Å². The van der Waals surface area contributed by atoms with Crippen LogP contribution in [0, 0.1) is 11.7 Å². The Morgan fingerprint density at radius 3 is 2.86 bits per heavy atom. The number of hydrazine groups is 1. The van der Waals surface area contributed by atoms with Crippen LogP contribution < -0.4 is 25.6 Å². The zero-order valence-electron chi connectivity index (χ0n) is 15.5. The van der Waals surface area contributed by atoms with Crippen LogP contribution in [0.2, 0.25) is 0 Å². The zero-order chi connectivity index (χ0) is 19.6. The smallest absolute Gasteiger partial charge is 0.258 e. The molecule has 0 saturated carbocycles. The Kier molecular flexibility index (Phi) is 4.84. The third-order valence-corrected chi connectivity index (χ3v) is 5.10. The fraction of sp³-hybridized carbons (Fsp3) is 0.300. The number of fused-ring (bicyclic) bond motifs is 1. The highest BCUT2D eigenvalue weighted by Gasteiger charge is 2.28. The molecule has 0 bridgehead atoms. The molecule has 2 aliphatic heterocycles. The van der Waals surface area contributed by atoms with Crippen molar-refractivity contribution in [3.63, 3.8) is 0 Å². The Hall–Kier alpha value is -3.01. The van der Waals surface area contributed by atoms with E-state index in [9.17, 15) is 4.39 Å². The number of benzene rings is 2. The van der Waals surface area contributed by atoms with Crippen molar-refractivity contribution in [3.05, 3.63) is 59.7 Å². The third kappa shape index (κ3) is 3.80. The lowest BCUT2D eigenvalue weighted by molar-refractivity contribution is 0.174. The summed E-state index contributed by atoms with van der Waals surface area (Å²) in [4.78, 5) is 4.45. The van der Waals surface area contributed by atoms with E-state index < -0.39 is 0 Å². The number of ether oxygens (including phenoxy) is 2. The van der Waals surface area contributed by atoms with Gasteiger partial charge in [-0.1, -0.05) is 17.3 Å². The van der Waals surface area contributed by atoms with Crippen molar-refractivity contribution in [3.8, 4) is 23.0 Å². The van der Waals surface area contributed by atoms with E-state index >= 15 is 0 Å². The van der Waals surface area contributed by atoms with Gasteiger partial charge in [0.25, 0.3) is 5.89 Å². The number of nitrogens with zero attached hydrogens (tertiary/aromatic N) is 2. The lowest BCUT2D eigenvalue weighted by atomic mass is 9.95. The summed E-state index contributed by atoms with van der Waals surface area (Å²) < 4.78 is 29.2. The summed E-state index contributed by atoms with van der Waals surface area (Å²) in [6.07, 6.45) is 0. The fourth-order valence-corrected chi connectivity index (χ4v) is 3.59. The molecular weight excluding hydrogens is 377 g/mol. The number of rotatable bonds is 6. The summed E-state index contributed by atoms with van der Waals surface area (Å²) in [5, 5.41) is 7.42. The van der Waals surface area contributed by atoms with Crippen molar-refractivity contribution in [2.24, 2.45) is 5.92 Å². The normalized spacial score (nSPS) is 20.3. The minimum absolute atomic E-state index is 0.109. The molecule has 1 saturated heterocycles. The quantitative estimate of drug-likeness (QED) is 0.583. The van der Waals surface area contributed by atoms with Gasteiger partial charge in [0.2, 0.25) is 6.79 Å². The van der Waals surface area contributed by atoms with E-state index in [-0.39, 0.29) is 18.7 Å². The molecule has 9 heteroatoms. The summed E-state index contributed by atoms with van der Waals surface area (Å²) in [6.45, 7) is 2.27. The number of aromatic nitrogens is 2. The minimum Gasteiger partial charge on any atom is -0.454 e. The standard InChI is InChI=1S/C20H20FN5O3/c21-15-4-1-12(2-5-15)19-14(9-23-25-19)8-22-10-18-24-20(29-26-18)13-3-6-16-17(7-13)28-11-27-16/h1-7,14,19,22-23,25H,8-11H2. The highest BCUT2D eigenvalue weighted by Crippen LogP contribution is 2.35. The molecule has 3 heterocycles. The van der Waals surface area contributed by atoms with Crippen LogP contribution in [-0.4, -0.2) is 30.0 Å². The third-order valence-electron chi connectivity index (χ3n) is 5.10. The molecule has 2 aliphatic rings. The van der Waals surface area contributed by atoms with E-state index in [1.807, 2.05) is 30.3 Å². The summed E-state index contributed by atoms with van der Waals surface area (Å²) in [7, 11) is 0. The first-order valence-corrected chi connectivity index (χ1v) is 9.43. The van der Waals surface area contributed by atoms with Crippen LogP contribution >= 0.6 is 0 Å². The first kappa shape index (κ1) is 18.0. The second-order valence-electron chi connectivity index (χ2n) is 7.03. The fourth-order valence-electron chi connectivity index (χ4n) is 3.59. The topological polar surface area (TPSA) is 93.5 Å². The second kappa shape index (κ2) is 7.78. The average molecular weight is 397 g/mol. The Morgan fingerprint density at radius 2 is 1.97 bits per heavy atom. The van der Waals surface area contributed by atoms with Crippen LogP contribution in [0.15, 0.2) is 47.0 Å². The van der Waals surface area contributed by atoms with Gasteiger partial charge >= 0.3 is 0 Å². The Bertz CT molecular complexity index is 994. The van der Waals surface area contributed by atoms with Crippen LogP contribution in [0.5, 0.6) is 11.5 Å². The average Bonchev–Trinajstić information content (AvgIpc) is 3.49. The summed E-state index contributed by atoms with van der Waals surface area (Å²) in [6, 6.07) is 12.2. The van der Waals surface area contributed by atoms with E-state index in [0.717, 1.165) is 24.2 Å². The lowest BCUT2D eigenvalue weighted by Crippen LogP contribution is -2.28. The zero-order valence-corrected chi connectivity index (χ0v) is 15.5. The van der Waals surface area contributed by atoms with E-state index in [4.69, 9.17) is 14.0 Å². The molecule has 3 N–H and O–H groups in total. The SMILES string of the molecule is Fc1ccc(C2NNCC2CNCc2noc(-c3ccc4c(c3)OCO4)n2)cc1. The number of halogens is 1. The number of hydrogen-bond donors (Lipinski definition) is 3. The van der Waals surface area contributed by atoms with Crippen molar-refractivity contribution in [2.45, 2.75) is 12.6 Å². The van der Waals surface area contributed by atoms with Gasteiger partial charge in [0.05, 0.1) is 12.6 Å². The van der Waals surface area contributed by atoms with Crippen LogP contribution in [0.25, 0.3) is 11.5 Å². The van der Waals surface area contributed by atoms with E-state index in [2.05, 4.69) is 26.3 Å². The maximum atomic E-state index is 13.2. The van der Waals surface area contributed by atoms with E-state index in [1.54, 1.807) is 0 Å². The van der Waals surface area contributed by atoms with Crippen molar-refractivity contribution in [2.75, 3.05) is 19.9 Å². The lowest BCUT2D eigenvalue weighted by Gasteiger charge is -2.19. The van der Waals surface area contributed by atoms with Gasteiger partial charge in [-0.3, -0.25) is 5.43 Å². The maximum absolute atomic E-state index is 13.2. The molecule has 0 radical (unpaired) electrons. The van der Waals surface area contributed by atoms with Gasteiger partial charge in [0.1, 0.15) is 5.82 Å². The summed E-state index contributed by atoms with van der Waals surface area (Å²) in [5.41, 5.74) is 8.26. The molecule has 0 spiro atoms. The van der Waals surface area contributed by atoms with Crippen molar-refractivity contribution >= 4 is 0 Å².